The van der Waals surface area contributed by atoms with Crippen LogP contribution in [0.5, 0.6) is 0 Å². The molecule has 2 heteroatoms. The van der Waals surface area contributed by atoms with Crippen molar-refractivity contribution in [2.75, 3.05) is 0 Å². The summed E-state index contributed by atoms with van der Waals surface area (Å²) in [6, 6.07) is 4.42. The minimum atomic E-state index is 0.146. The molecule has 0 fully saturated rings. The molecule has 0 amide bonds. The lowest BCUT2D eigenvalue weighted by molar-refractivity contribution is 0.758. The summed E-state index contributed by atoms with van der Waals surface area (Å²) in [5.41, 5.74) is 5.91. The monoisotopic (exact) mass is 181 g/mol. The van der Waals surface area contributed by atoms with Crippen molar-refractivity contribution >= 4 is 11.3 Å². The fourth-order valence-electron chi connectivity index (χ4n) is 1.08. The van der Waals surface area contributed by atoms with Gasteiger partial charge in [-0.3, -0.25) is 0 Å². The van der Waals surface area contributed by atoms with E-state index in [0.29, 0.717) is 0 Å². The fraction of sp³-hybridized carbons (Fsp3) is 0.400. The number of rotatable bonds is 4. The van der Waals surface area contributed by atoms with Crippen LogP contribution in [0.2, 0.25) is 0 Å². The Bertz CT molecular complexity index is 252. The summed E-state index contributed by atoms with van der Waals surface area (Å²) >= 11 is 1.81. The number of aryl methyl sites for hydroxylation is 1. The average Bonchev–Trinajstić information content (AvgIpc) is 2.52. The van der Waals surface area contributed by atoms with Crippen molar-refractivity contribution in [3.63, 3.8) is 0 Å². The van der Waals surface area contributed by atoms with Crippen LogP contribution in [0.4, 0.5) is 0 Å². The summed E-state index contributed by atoms with van der Waals surface area (Å²) in [7, 11) is 0. The molecule has 0 saturated heterocycles. The van der Waals surface area contributed by atoms with E-state index in [1.165, 1.54) is 9.75 Å². The van der Waals surface area contributed by atoms with E-state index in [-0.39, 0.29) is 6.04 Å². The van der Waals surface area contributed by atoms with Gasteiger partial charge in [0.25, 0.3) is 0 Å². The van der Waals surface area contributed by atoms with E-state index in [4.69, 9.17) is 5.73 Å². The quantitative estimate of drug-likeness (QED) is 0.710. The minimum absolute atomic E-state index is 0.146. The van der Waals surface area contributed by atoms with E-state index < -0.39 is 0 Å². The van der Waals surface area contributed by atoms with Crippen LogP contribution in [0.1, 0.15) is 29.1 Å². The van der Waals surface area contributed by atoms with Crippen molar-refractivity contribution < 1.29 is 0 Å². The van der Waals surface area contributed by atoms with Crippen molar-refractivity contribution in [2.45, 2.75) is 25.8 Å². The van der Waals surface area contributed by atoms with E-state index >= 15 is 0 Å². The van der Waals surface area contributed by atoms with E-state index in [1.54, 1.807) is 0 Å². The molecule has 1 rings (SSSR count). The smallest absolute Gasteiger partial charge is 0.0424 e. The Hall–Kier alpha value is -0.600. The molecule has 1 atom stereocenters. The molecule has 1 aromatic rings. The van der Waals surface area contributed by atoms with Gasteiger partial charge in [0.1, 0.15) is 0 Å². The highest BCUT2D eigenvalue weighted by Crippen LogP contribution is 2.24. The van der Waals surface area contributed by atoms with Gasteiger partial charge in [-0.15, -0.1) is 17.9 Å². The second-order valence-electron chi connectivity index (χ2n) is 2.79. The molecule has 0 aliphatic carbocycles. The summed E-state index contributed by atoms with van der Waals surface area (Å²) in [5, 5.41) is 0. The largest absolute Gasteiger partial charge is 0.323 e. The van der Waals surface area contributed by atoms with Crippen LogP contribution in [0, 0.1) is 0 Å². The highest BCUT2D eigenvalue weighted by Gasteiger charge is 2.05. The number of nitrogens with two attached hydrogens (primary N) is 1. The van der Waals surface area contributed by atoms with Crippen LogP contribution < -0.4 is 5.73 Å². The maximum atomic E-state index is 5.91. The molecule has 0 spiro atoms. The maximum absolute atomic E-state index is 5.91. The molecule has 1 nitrogen and oxygen atoms in total. The van der Waals surface area contributed by atoms with Crippen LogP contribution in [0.15, 0.2) is 24.8 Å². The Balaban J connectivity index is 2.67. The minimum Gasteiger partial charge on any atom is -0.323 e. The Morgan fingerprint density at radius 2 is 2.42 bits per heavy atom. The van der Waals surface area contributed by atoms with Gasteiger partial charge in [-0.05, 0) is 25.0 Å². The van der Waals surface area contributed by atoms with Gasteiger partial charge in [0.15, 0.2) is 0 Å². The van der Waals surface area contributed by atoms with Crippen molar-refractivity contribution in [1.29, 1.82) is 0 Å². The van der Waals surface area contributed by atoms with Crippen molar-refractivity contribution in [3.05, 3.63) is 34.5 Å². The van der Waals surface area contributed by atoms with Crippen LogP contribution >= 0.6 is 11.3 Å². The lowest BCUT2D eigenvalue weighted by Gasteiger charge is -2.04. The first-order chi connectivity index (χ1) is 5.77. The predicted molar refractivity (Wildman–Crippen MR) is 55.4 cm³/mol. The second-order valence-corrected chi connectivity index (χ2v) is 3.99. The van der Waals surface area contributed by atoms with Gasteiger partial charge in [0.05, 0.1) is 0 Å². The molecular weight excluding hydrogens is 166 g/mol. The lowest BCUT2D eigenvalue weighted by atomic mass is 10.2. The number of hydrogen-bond acceptors (Lipinski definition) is 2. The normalized spacial score (nSPS) is 12.8. The van der Waals surface area contributed by atoms with Gasteiger partial charge in [-0.25, -0.2) is 0 Å². The SMILES string of the molecule is C=CCC(N)c1ccc(CC)s1. The van der Waals surface area contributed by atoms with E-state index in [1.807, 2.05) is 17.4 Å². The predicted octanol–water partition coefficient (Wildman–Crippen LogP) is 2.89. The topological polar surface area (TPSA) is 26.0 Å². The molecule has 0 bridgehead atoms. The second kappa shape index (κ2) is 4.43. The highest BCUT2D eigenvalue weighted by atomic mass is 32.1. The first-order valence-corrected chi connectivity index (χ1v) is 5.04. The standard InChI is InChI=1S/C10H15NS/c1-3-5-9(11)10-7-6-8(4-2)12-10/h3,6-7,9H,1,4-5,11H2,2H3. The van der Waals surface area contributed by atoms with Gasteiger partial charge in [0.2, 0.25) is 0 Å². The van der Waals surface area contributed by atoms with Crippen molar-refractivity contribution in [1.82, 2.24) is 0 Å². The Morgan fingerprint density at radius 1 is 1.67 bits per heavy atom. The molecule has 1 aromatic heterocycles. The molecular formula is C10H15NS. The van der Waals surface area contributed by atoms with Crippen LogP contribution in [0.25, 0.3) is 0 Å². The Labute approximate surface area is 77.9 Å². The Kier molecular flexibility index (Phi) is 3.50. The highest BCUT2D eigenvalue weighted by molar-refractivity contribution is 7.12. The summed E-state index contributed by atoms with van der Waals surface area (Å²) in [4.78, 5) is 2.68. The molecule has 1 heterocycles. The van der Waals surface area contributed by atoms with E-state index in [9.17, 15) is 0 Å². The molecule has 0 saturated carbocycles. The molecule has 1 unspecified atom stereocenters. The third-order valence-corrected chi connectivity index (χ3v) is 3.18. The van der Waals surface area contributed by atoms with Gasteiger partial charge in [-0.2, -0.15) is 0 Å². The fourth-order valence-corrected chi connectivity index (χ4v) is 2.05. The van der Waals surface area contributed by atoms with Gasteiger partial charge in [0, 0.05) is 15.8 Å². The molecule has 12 heavy (non-hydrogen) atoms. The average molecular weight is 181 g/mol. The summed E-state index contributed by atoms with van der Waals surface area (Å²) < 4.78 is 0. The van der Waals surface area contributed by atoms with Crippen molar-refractivity contribution in [3.8, 4) is 0 Å². The van der Waals surface area contributed by atoms with Crippen molar-refractivity contribution in [2.24, 2.45) is 5.73 Å². The molecule has 66 valence electrons. The van der Waals surface area contributed by atoms with E-state index in [0.717, 1.165) is 12.8 Å². The number of thiophene rings is 1. The van der Waals surface area contributed by atoms with Gasteiger partial charge in [-0.1, -0.05) is 13.0 Å². The molecule has 0 aromatic carbocycles. The molecule has 0 aliphatic heterocycles. The molecule has 0 radical (unpaired) electrons. The van der Waals surface area contributed by atoms with Gasteiger partial charge >= 0.3 is 0 Å². The van der Waals surface area contributed by atoms with E-state index in [2.05, 4.69) is 25.6 Å². The first kappa shape index (κ1) is 9.49. The summed E-state index contributed by atoms with van der Waals surface area (Å²) in [6.45, 7) is 5.84. The molecule has 2 N–H and O–H groups in total. The zero-order valence-corrected chi connectivity index (χ0v) is 8.23. The van der Waals surface area contributed by atoms with Crippen LogP contribution in [-0.4, -0.2) is 0 Å². The zero-order valence-electron chi connectivity index (χ0n) is 7.42. The zero-order chi connectivity index (χ0) is 8.97. The molecule has 0 aliphatic rings. The third-order valence-electron chi connectivity index (χ3n) is 1.82. The third kappa shape index (κ3) is 2.19. The lowest BCUT2D eigenvalue weighted by Crippen LogP contribution is -2.06. The van der Waals surface area contributed by atoms with Gasteiger partial charge < -0.3 is 5.73 Å². The van der Waals surface area contributed by atoms with Crippen LogP contribution in [-0.2, 0) is 6.42 Å². The number of hydrogen-bond donors (Lipinski definition) is 1. The summed E-state index contributed by atoms with van der Waals surface area (Å²) in [6.07, 6.45) is 3.84. The maximum Gasteiger partial charge on any atom is 0.0424 e. The van der Waals surface area contributed by atoms with Crippen LogP contribution in [0.3, 0.4) is 0 Å². The first-order valence-electron chi connectivity index (χ1n) is 4.23. The summed E-state index contributed by atoms with van der Waals surface area (Å²) in [5.74, 6) is 0. The Morgan fingerprint density at radius 3 is 2.92 bits per heavy atom.